The molecule has 1 aromatic carbocycles. The van der Waals surface area contributed by atoms with Gasteiger partial charge in [-0.2, -0.15) is 0 Å². The lowest BCUT2D eigenvalue weighted by atomic mass is 9.85. The van der Waals surface area contributed by atoms with Gasteiger partial charge in [-0.15, -0.1) is 0 Å². The zero-order chi connectivity index (χ0) is 13.9. The van der Waals surface area contributed by atoms with Crippen LogP contribution in [0.15, 0.2) is 24.3 Å². The minimum absolute atomic E-state index is 0.137. The van der Waals surface area contributed by atoms with E-state index in [0.717, 1.165) is 24.1 Å². The summed E-state index contributed by atoms with van der Waals surface area (Å²) in [4.78, 5) is 13.6. The van der Waals surface area contributed by atoms with E-state index in [1.165, 1.54) is 44.2 Å². The third-order valence-corrected chi connectivity index (χ3v) is 4.96. The molecule has 0 radical (unpaired) electrons. The van der Waals surface area contributed by atoms with Crippen molar-refractivity contribution in [1.29, 1.82) is 0 Å². The molecule has 2 atom stereocenters. The molecule has 0 unspecified atom stereocenters. The molecule has 0 amide bonds. The molecule has 0 bridgehead atoms. The van der Waals surface area contributed by atoms with Crippen LogP contribution in [0.25, 0.3) is 0 Å². The predicted octanol–water partition coefficient (Wildman–Crippen LogP) is 3.08. The molecular formula is C17H23NO2. The van der Waals surface area contributed by atoms with E-state index in [2.05, 4.69) is 11.0 Å². The van der Waals surface area contributed by atoms with Gasteiger partial charge in [0.05, 0.1) is 6.42 Å². The summed E-state index contributed by atoms with van der Waals surface area (Å²) in [5.41, 5.74) is 2.17. The highest BCUT2D eigenvalue weighted by atomic mass is 16.4. The van der Waals surface area contributed by atoms with Crippen LogP contribution in [0, 0.1) is 5.92 Å². The topological polar surface area (TPSA) is 40.5 Å². The number of fused-ring (bicyclic) bond motifs is 1. The summed E-state index contributed by atoms with van der Waals surface area (Å²) in [7, 11) is 0. The van der Waals surface area contributed by atoms with Crippen LogP contribution in [0.4, 0.5) is 0 Å². The summed E-state index contributed by atoms with van der Waals surface area (Å²) >= 11 is 0. The van der Waals surface area contributed by atoms with Crippen LogP contribution in [-0.4, -0.2) is 28.6 Å². The predicted molar refractivity (Wildman–Crippen MR) is 78.6 cm³/mol. The van der Waals surface area contributed by atoms with Crippen molar-refractivity contribution in [3.8, 4) is 0 Å². The van der Waals surface area contributed by atoms with Crippen molar-refractivity contribution < 1.29 is 9.90 Å². The van der Waals surface area contributed by atoms with Gasteiger partial charge in [-0.3, -0.25) is 9.69 Å². The molecule has 1 aliphatic carbocycles. The first kappa shape index (κ1) is 13.6. The Morgan fingerprint density at radius 2 is 1.90 bits per heavy atom. The largest absolute Gasteiger partial charge is 0.481 e. The molecule has 1 saturated carbocycles. The van der Waals surface area contributed by atoms with Gasteiger partial charge in [-0.25, -0.2) is 0 Å². The maximum absolute atomic E-state index is 11.0. The molecule has 3 heteroatoms. The Kier molecular flexibility index (Phi) is 4.06. The van der Waals surface area contributed by atoms with Gasteiger partial charge >= 0.3 is 5.97 Å². The number of aliphatic carboxylic acids is 1. The van der Waals surface area contributed by atoms with Crippen molar-refractivity contribution in [1.82, 2.24) is 4.90 Å². The second-order valence-electron chi connectivity index (χ2n) is 6.21. The molecule has 1 heterocycles. The molecule has 1 saturated heterocycles. The highest BCUT2D eigenvalue weighted by Crippen LogP contribution is 2.37. The summed E-state index contributed by atoms with van der Waals surface area (Å²) < 4.78 is 0. The number of likely N-dealkylation sites (tertiary alicyclic amines) is 1. The molecule has 3 rings (SSSR count). The van der Waals surface area contributed by atoms with Crippen molar-refractivity contribution in [2.75, 3.05) is 6.54 Å². The van der Waals surface area contributed by atoms with E-state index in [9.17, 15) is 4.79 Å². The second-order valence-corrected chi connectivity index (χ2v) is 6.21. The fraction of sp³-hybridized carbons (Fsp3) is 0.588. The summed E-state index contributed by atoms with van der Waals surface area (Å²) in [6.07, 6.45) is 6.92. The molecule has 2 fully saturated rings. The monoisotopic (exact) mass is 273 g/mol. The Morgan fingerprint density at radius 1 is 1.15 bits per heavy atom. The van der Waals surface area contributed by atoms with Crippen LogP contribution in [-0.2, 0) is 17.8 Å². The highest BCUT2D eigenvalue weighted by Gasteiger charge is 2.35. The fourth-order valence-corrected chi connectivity index (χ4v) is 3.97. The average molecular weight is 273 g/mol. The van der Waals surface area contributed by atoms with Gasteiger partial charge in [0.15, 0.2) is 0 Å². The minimum Gasteiger partial charge on any atom is -0.481 e. The number of hydrogen-bond donors (Lipinski definition) is 1. The molecule has 20 heavy (non-hydrogen) atoms. The van der Waals surface area contributed by atoms with Crippen molar-refractivity contribution in [2.24, 2.45) is 5.92 Å². The first-order chi connectivity index (χ1) is 9.74. The Labute approximate surface area is 120 Å². The number of carboxylic acid groups (broad SMARTS) is 1. The maximum Gasteiger partial charge on any atom is 0.307 e. The lowest BCUT2D eigenvalue weighted by Gasteiger charge is -2.32. The van der Waals surface area contributed by atoms with Gasteiger partial charge in [-0.1, -0.05) is 37.1 Å². The third-order valence-electron chi connectivity index (χ3n) is 4.96. The Bertz CT molecular complexity index is 486. The van der Waals surface area contributed by atoms with Crippen LogP contribution in [0.1, 0.15) is 43.2 Å². The van der Waals surface area contributed by atoms with E-state index in [-0.39, 0.29) is 6.42 Å². The summed E-state index contributed by atoms with van der Waals surface area (Å²) in [5.74, 6) is 0.143. The van der Waals surface area contributed by atoms with Crippen LogP contribution in [0.3, 0.4) is 0 Å². The number of hydrogen-bond acceptors (Lipinski definition) is 2. The minimum atomic E-state index is -0.741. The molecular weight excluding hydrogens is 250 g/mol. The van der Waals surface area contributed by atoms with Crippen LogP contribution >= 0.6 is 0 Å². The van der Waals surface area contributed by atoms with E-state index in [1.54, 1.807) is 0 Å². The van der Waals surface area contributed by atoms with E-state index in [1.807, 2.05) is 18.2 Å². The molecule has 2 aliphatic rings. The van der Waals surface area contributed by atoms with Crippen molar-refractivity contribution in [2.45, 2.75) is 51.1 Å². The standard InChI is InChI=1S/C17H23NO2/c19-17(20)11-14-6-1-2-7-15(14)12-18-10-9-13-5-3-4-8-16(13)18/h1-2,6-7,13,16H,3-5,8-12H2,(H,19,20)/t13-,16-/m0/s1. The third kappa shape index (κ3) is 2.88. The molecule has 1 aliphatic heterocycles. The van der Waals surface area contributed by atoms with E-state index < -0.39 is 5.97 Å². The van der Waals surface area contributed by atoms with Crippen molar-refractivity contribution >= 4 is 5.97 Å². The molecule has 108 valence electrons. The van der Waals surface area contributed by atoms with Crippen LogP contribution < -0.4 is 0 Å². The molecule has 1 N–H and O–H groups in total. The number of benzene rings is 1. The first-order valence-electron chi connectivity index (χ1n) is 7.76. The van der Waals surface area contributed by atoms with Crippen molar-refractivity contribution in [3.63, 3.8) is 0 Å². The number of carboxylic acids is 1. The van der Waals surface area contributed by atoms with Gasteiger partial charge in [0.1, 0.15) is 0 Å². The van der Waals surface area contributed by atoms with Crippen LogP contribution in [0.2, 0.25) is 0 Å². The zero-order valence-corrected chi connectivity index (χ0v) is 11.9. The number of nitrogens with zero attached hydrogens (tertiary/aromatic N) is 1. The maximum atomic E-state index is 11.0. The fourth-order valence-electron chi connectivity index (χ4n) is 3.97. The summed E-state index contributed by atoms with van der Waals surface area (Å²) in [6, 6.07) is 8.75. The van der Waals surface area contributed by atoms with Crippen LogP contribution in [0.5, 0.6) is 0 Å². The van der Waals surface area contributed by atoms with Gasteiger partial charge < -0.3 is 5.11 Å². The van der Waals surface area contributed by atoms with Gasteiger partial charge in [0.2, 0.25) is 0 Å². The van der Waals surface area contributed by atoms with Gasteiger partial charge in [-0.05, 0) is 42.9 Å². The lowest BCUT2D eigenvalue weighted by molar-refractivity contribution is -0.136. The van der Waals surface area contributed by atoms with Crippen molar-refractivity contribution in [3.05, 3.63) is 35.4 Å². The zero-order valence-electron chi connectivity index (χ0n) is 11.9. The molecule has 0 spiro atoms. The quantitative estimate of drug-likeness (QED) is 0.916. The summed E-state index contributed by atoms with van der Waals surface area (Å²) in [6.45, 7) is 2.10. The Morgan fingerprint density at radius 3 is 2.70 bits per heavy atom. The lowest BCUT2D eigenvalue weighted by Crippen LogP contribution is -2.34. The van der Waals surface area contributed by atoms with E-state index in [4.69, 9.17) is 5.11 Å². The van der Waals surface area contributed by atoms with E-state index >= 15 is 0 Å². The Balaban J connectivity index is 1.73. The smallest absolute Gasteiger partial charge is 0.307 e. The van der Waals surface area contributed by atoms with E-state index in [0.29, 0.717) is 0 Å². The first-order valence-corrected chi connectivity index (χ1v) is 7.76. The normalized spacial score (nSPS) is 26.4. The average Bonchev–Trinajstić information content (AvgIpc) is 2.84. The van der Waals surface area contributed by atoms with Gasteiger partial charge in [0.25, 0.3) is 0 Å². The molecule has 1 aromatic rings. The molecule has 0 aromatic heterocycles. The number of carbonyl (C=O) groups is 1. The number of rotatable bonds is 4. The SMILES string of the molecule is O=C(O)Cc1ccccc1CN1CC[C@@H]2CCCC[C@@H]21. The molecule has 3 nitrogen and oxygen atoms in total. The highest BCUT2D eigenvalue weighted by molar-refractivity contribution is 5.70. The van der Waals surface area contributed by atoms with Gasteiger partial charge in [0, 0.05) is 12.6 Å². The Hall–Kier alpha value is -1.35. The summed E-state index contributed by atoms with van der Waals surface area (Å²) in [5, 5.41) is 9.03. The second kappa shape index (κ2) is 5.96.